The number of para-hydroxylation sites is 1. The van der Waals surface area contributed by atoms with E-state index in [2.05, 4.69) is 4.90 Å². The van der Waals surface area contributed by atoms with Crippen LogP contribution in [0, 0.1) is 0 Å². The van der Waals surface area contributed by atoms with Crippen molar-refractivity contribution in [1.29, 1.82) is 0 Å². The normalized spacial score (nSPS) is 16.7. The van der Waals surface area contributed by atoms with E-state index in [9.17, 15) is 8.42 Å². The molecule has 0 spiro atoms. The van der Waals surface area contributed by atoms with Gasteiger partial charge in [-0.25, -0.2) is 8.42 Å². The molecule has 2 aromatic rings. The molecule has 1 saturated heterocycles. The third-order valence-electron chi connectivity index (χ3n) is 4.35. The van der Waals surface area contributed by atoms with Gasteiger partial charge in [-0.3, -0.25) is 4.90 Å². The number of nitrogens with zero attached hydrogens (tertiary/aromatic N) is 2. The minimum Gasteiger partial charge on any atom is -0.496 e. The molecule has 7 heteroatoms. The molecule has 2 aromatic carbocycles. The van der Waals surface area contributed by atoms with E-state index in [0.29, 0.717) is 31.2 Å². The van der Waals surface area contributed by atoms with Crippen molar-refractivity contribution in [3.63, 3.8) is 0 Å². The fourth-order valence-corrected chi connectivity index (χ4v) is 4.70. The molecule has 0 N–H and O–H groups in total. The number of hydrogen-bond donors (Lipinski definition) is 0. The van der Waals surface area contributed by atoms with Crippen LogP contribution >= 0.6 is 11.6 Å². The van der Waals surface area contributed by atoms with Crippen molar-refractivity contribution in [2.24, 2.45) is 0 Å². The van der Waals surface area contributed by atoms with Crippen LogP contribution in [0.4, 0.5) is 0 Å². The van der Waals surface area contributed by atoms with E-state index in [-0.39, 0.29) is 4.90 Å². The zero-order valence-corrected chi connectivity index (χ0v) is 15.6. The Labute approximate surface area is 153 Å². The molecule has 0 atom stereocenters. The highest BCUT2D eigenvalue weighted by molar-refractivity contribution is 7.89. The van der Waals surface area contributed by atoms with Gasteiger partial charge in [0.2, 0.25) is 10.0 Å². The Morgan fingerprint density at radius 1 is 1.04 bits per heavy atom. The number of piperazine rings is 1. The Bertz CT molecular complexity index is 834. The Morgan fingerprint density at radius 3 is 2.44 bits per heavy atom. The summed E-state index contributed by atoms with van der Waals surface area (Å²) in [6.45, 7) is 3.03. The quantitative estimate of drug-likeness (QED) is 0.800. The standard InChI is InChI=1S/C18H21ClN2O3S/c1-24-18-8-3-2-5-15(18)14-20-9-11-21(12-10-20)25(22,23)17-7-4-6-16(19)13-17/h2-8,13H,9-12,14H2,1H3. The van der Waals surface area contributed by atoms with E-state index in [1.807, 2.05) is 24.3 Å². The zero-order chi connectivity index (χ0) is 17.9. The van der Waals surface area contributed by atoms with E-state index in [1.54, 1.807) is 25.3 Å². The van der Waals surface area contributed by atoms with Crippen LogP contribution in [-0.2, 0) is 16.6 Å². The number of ether oxygens (including phenoxy) is 1. The van der Waals surface area contributed by atoms with Crippen molar-refractivity contribution in [3.05, 3.63) is 59.1 Å². The maximum absolute atomic E-state index is 12.7. The summed E-state index contributed by atoms with van der Waals surface area (Å²) in [5.74, 6) is 0.858. The molecule has 0 unspecified atom stereocenters. The topological polar surface area (TPSA) is 49.9 Å². The van der Waals surface area contributed by atoms with Crippen molar-refractivity contribution in [1.82, 2.24) is 9.21 Å². The summed E-state index contributed by atoms with van der Waals surface area (Å²) in [6.07, 6.45) is 0. The Kier molecular flexibility index (Phi) is 5.64. The molecule has 134 valence electrons. The summed E-state index contributed by atoms with van der Waals surface area (Å²) in [5.41, 5.74) is 1.11. The van der Waals surface area contributed by atoms with Gasteiger partial charge in [-0.1, -0.05) is 35.9 Å². The van der Waals surface area contributed by atoms with E-state index >= 15 is 0 Å². The molecule has 0 saturated carbocycles. The van der Waals surface area contributed by atoms with Gasteiger partial charge in [-0.15, -0.1) is 0 Å². The van der Waals surface area contributed by atoms with Crippen molar-refractivity contribution in [2.75, 3.05) is 33.3 Å². The average molecular weight is 381 g/mol. The molecule has 3 rings (SSSR count). The van der Waals surface area contributed by atoms with Crippen LogP contribution in [0.3, 0.4) is 0 Å². The fraction of sp³-hybridized carbons (Fsp3) is 0.333. The number of halogens is 1. The molecule has 25 heavy (non-hydrogen) atoms. The van der Waals surface area contributed by atoms with E-state index < -0.39 is 10.0 Å². The molecule has 0 aromatic heterocycles. The minimum absolute atomic E-state index is 0.248. The molecule has 1 aliphatic rings. The predicted octanol–water partition coefficient (Wildman–Crippen LogP) is 2.86. The lowest BCUT2D eigenvalue weighted by Crippen LogP contribution is -2.48. The van der Waals surface area contributed by atoms with Crippen molar-refractivity contribution >= 4 is 21.6 Å². The largest absolute Gasteiger partial charge is 0.496 e. The third-order valence-corrected chi connectivity index (χ3v) is 6.48. The van der Waals surface area contributed by atoms with Crippen molar-refractivity contribution in [2.45, 2.75) is 11.4 Å². The monoisotopic (exact) mass is 380 g/mol. The number of benzene rings is 2. The maximum Gasteiger partial charge on any atom is 0.243 e. The lowest BCUT2D eigenvalue weighted by molar-refractivity contribution is 0.180. The van der Waals surface area contributed by atoms with Crippen LogP contribution in [0.1, 0.15) is 5.56 Å². The van der Waals surface area contributed by atoms with Crippen LogP contribution in [0.15, 0.2) is 53.4 Å². The molecule has 0 radical (unpaired) electrons. The average Bonchev–Trinajstić information content (AvgIpc) is 2.63. The highest BCUT2D eigenvalue weighted by Gasteiger charge is 2.28. The summed E-state index contributed by atoms with van der Waals surface area (Å²) in [5, 5.41) is 0.427. The van der Waals surface area contributed by atoms with Gasteiger partial charge in [0, 0.05) is 43.3 Å². The molecular formula is C18H21ClN2O3S. The molecular weight excluding hydrogens is 360 g/mol. The third kappa shape index (κ3) is 4.15. The summed E-state index contributed by atoms with van der Waals surface area (Å²) in [7, 11) is -1.84. The Hall–Kier alpha value is -1.60. The number of methoxy groups -OCH3 is 1. The highest BCUT2D eigenvalue weighted by atomic mass is 35.5. The van der Waals surface area contributed by atoms with Crippen LogP contribution in [0.2, 0.25) is 5.02 Å². The zero-order valence-electron chi connectivity index (χ0n) is 14.1. The highest BCUT2D eigenvalue weighted by Crippen LogP contribution is 2.23. The van der Waals surface area contributed by atoms with Crippen LogP contribution in [-0.4, -0.2) is 50.9 Å². The summed E-state index contributed by atoms with van der Waals surface area (Å²) in [6, 6.07) is 14.3. The lowest BCUT2D eigenvalue weighted by atomic mass is 10.2. The van der Waals surface area contributed by atoms with E-state index in [1.165, 1.54) is 10.4 Å². The number of rotatable bonds is 5. The molecule has 0 amide bonds. The molecule has 0 bridgehead atoms. The lowest BCUT2D eigenvalue weighted by Gasteiger charge is -2.34. The van der Waals surface area contributed by atoms with Gasteiger partial charge in [-0.05, 0) is 24.3 Å². The Balaban J connectivity index is 1.65. The first-order valence-electron chi connectivity index (χ1n) is 8.10. The van der Waals surface area contributed by atoms with E-state index in [0.717, 1.165) is 17.9 Å². The molecule has 1 heterocycles. The predicted molar refractivity (Wildman–Crippen MR) is 98.5 cm³/mol. The van der Waals surface area contributed by atoms with Crippen molar-refractivity contribution < 1.29 is 13.2 Å². The molecule has 1 fully saturated rings. The number of hydrogen-bond acceptors (Lipinski definition) is 4. The minimum atomic E-state index is -3.50. The number of sulfonamides is 1. The second kappa shape index (κ2) is 7.74. The van der Waals surface area contributed by atoms with Gasteiger partial charge < -0.3 is 4.74 Å². The molecule has 1 aliphatic heterocycles. The van der Waals surface area contributed by atoms with Crippen LogP contribution in [0.25, 0.3) is 0 Å². The molecule has 5 nitrogen and oxygen atoms in total. The first-order valence-corrected chi connectivity index (χ1v) is 9.92. The van der Waals surface area contributed by atoms with Gasteiger partial charge in [-0.2, -0.15) is 4.31 Å². The fourth-order valence-electron chi connectivity index (χ4n) is 2.98. The first-order chi connectivity index (χ1) is 12.0. The van der Waals surface area contributed by atoms with Gasteiger partial charge in [0.15, 0.2) is 0 Å². The summed E-state index contributed by atoms with van der Waals surface area (Å²) >= 11 is 5.93. The summed E-state index contributed by atoms with van der Waals surface area (Å²) in [4.78, 5) is 2.49. The van der Waals surface area contributed by atoms with Gasteiger partial charge in [0.05, 0.1) is 12.0 Å². The van der Waals surface area contributed by atoms with Gasteiger partial charge >= 0.3 is 0 Å². The van der Waals surface area contributed by atoms with Crippen LogP contribution in [0.5, 0.6) is 5.75 Å². The maximum atomic E-state index is 12.7. The van der Waals surface area contributed by atoms with Gasteiger partial charge in [0.25, 0.3) is 0 Å². The SMILES string of the molecule is COc1ccccc1CN1CCN(S(=O)(=O)c2cccc(Cl)c2)CC1. The Morgan fingerprint density at radius 2 is 1.76 bits per heavy atom. The second-order valence-electron chi connectivity index (χ2n) is 5.95. The second-order valence-corrected chi connectivity index (χ2v) is 8.32. The van der Waals surface area contributed by atoms with Gasteiger partial charge in [0.1, 0.15) is 5.75 Å². The van der Waals surface area contributed by atoms with Crippen LogP contribution < -0.4 is 4.74 Å². The summed E-state index contributed by atoms with van der Waals surface area (Å²) < 4.78 is 32.4. The first kappa shape index (κ1) is 18.2. The molecule has 0 aliphatic carbocycles. The van der Waals surface area contributed by atoms with Crippen molar-refractivity contribution in [3.8, 4) is 5.75 Å². The smallest absolute Gasteiger partial charge is 0.243 e. The van der Waals surface area contributed by atoms with E-state index in [4.69, 9.17) is 16.3 Å².